The van der Waals surface area contributed by atoms with Gasteiger partial charge in [-0.15, -0.1) is 0 Å². The zero-order valence-electron chi connectivity index (χ0n) is 20.1. The topological polar surface area (TPSA) is 64.7 Å². The normalized spacial score (nSPS) is 17.1. The number of hydrogen-bond donors (Lipinski definition) is 2. The van der Waals surface area contributed by atoms with Crippen LogP contribution in [0.2, 0.25) is 0 Å². The Hall–Kier alpha value is -3.02. The van der Waals surface area contributed by atoms with Crippen molar-refractivity contribution in [3.8, 4) is 0 Å². The molecule has 2 N–H and O–H groups in total. The third kappa shape index (κ3) is 5.67. The average molecular weight is 449 g/mol. The first-order chi connectivity index (χ1) is 15.9. The van der Waals surface area contributed by atoms with E-state index in [-0.39, 0.29) is 11.9 Å². The molecular weight excluding hydrogens is 412 g/mol. The van der Waals surface area contributed by atoms with Crippen LogP contribution in [0, 0.1) is 19.8 Å². The van der Waals surface area contributed by atoms with E-state index < -0.39 is 0 Å². The van der Waals surface area contributed by atoms with Gasteiger partial charge >= 0.3 is 6.03 Å². The first kappa shape index (κ1) is 23.1. The van der Waals surface area contributed by atoms with Crippen molar-refractivity contribution in [3.63, 3.8) is 0 Å². The molecule has 2 aliphatic rings. The zero-order chi connectivity index (χ0) is 23.4. The Labute approximate surface area is 197 Å². The van der Waals surface area contributed by atoms with Crippen molar-refractivity contribution in [2.45, 2.75) is 52.9 Å². The molecule has 2 heterocycles. The number of benzene rings is 2. The number of amides is 3. The molecule has 0 aliphatic carbocycles. The summed E-state index contributed by atoms with van der Waals surface area (Å²) in [4.78, 5) is 30.5. The molecule has 176 valence electrons. The number of urea groups is 1. The van der Waals surface area contributed by atoms with E-state index in [1.807, 2.05) is 55.1 Å². The second-order valence-electron chi connectivity index (χ2n) is 9.65. The molecule has 0 radical (unpaired) electrons. The fourth-order valence-electron chi connectivity index (χ4n) is 4.82. The number of piperidine rings is 2. The molecule has 3 amide bonds. The predicted octanol–water partition coefficient (Wildman–Crippen LogP) is 5.81. The van der Waals surface area contributed by atoms with Gasteiger partial charge in [0.05, 0.1) is 5.56 Å². The summed E-state index contributed by atoms with van der Waals surface area (Å²) in [6.07, 6.45) is 5.56. The maximum Gasteiger partial charge on any atom is 0.323 e. The Morgan fingerprint density at radius 3 is 2.30 bits per heavy atom. The Kier molecular flexibility index (Phi) is 7.21. The minimum atomic E-state index is -0.308. The van der Waals surface area contributed by atoms with Crippen molar-refractivity contribution >= 4 is 29.0 Å². The van der Waals surface area contributed by atoms with E-state index in [4.69, 9.17) is 0 Å². The van der Waals surface area contributed by atoms with E-state index in [0.29, 0.717) is 11.3 Å². The van der Waals surface area contributed by atoms with E-state index in [1.165, 1.54) is 6.42 Å². The third-order valence-corrected chi connectivity index (χ3v) is 6.88. The molecule has 6 heteroatoms. The number of anilines is 3. The van der Waals surface area contributed by atoms with Crippen LogP contribution in [0.4, 0.5) is 21.9 Å². The lowest BCUT2D eigenvalue weighted by molar-refractivity contribution is 0.0725. The van der Waals surface area contributed by atoms with Crippen molar-refractivity contribution < 1.29 is 9.59 Å². The van der Waals surface area contributed by atoms with Crippen LogP contribution in [0.1, 0.15) is 60.5 Å². The Bertz CT molecular complexity index is 1010. The summed E-state index contributed by atoms with van der Waals surface area (Å²) in [5, 5.41) is 5.85. The lowest BCUT2D eigenvalue weighted by Crippen LogP contribution is -2.38. The van der Waals surface area contributed by atoms with Gasteiger partial charge in [-0.1, -0.05) is 24.6 Å². The molecule has 6 nitrogen and oxygen atoms in total. The van der Waals surface area contributed by atoms with Crippen LogP contribution in [0.15, 0.2) is 36.4 Å². The second-order valence-corrected chi connectivity index (χ2v) is 9.65. The summed E-state index contributed by atoms with van der Waals surface area (Å²) >= 11 is 0. The molecule has 0 unspecified atom stereocenters. The maximum absolute atomic E-state index is 13.5. The molecule has 0 spiro atoms. The van der Waals surface area contributed by atoms with Gasteiger partial charge < -0.3 is 20.4 Å². The van der Waals surface area contributed by atoms with E-state index in [2.05, 4.69) is 22.5 Å². The van der Waals surface area contributed by atoms with Gasteiger partial charge in [0.1, 0.15) is 0 Å². The fourth-order valence-corrected chi connectivity index (χ4v) is 4.82. The van der Waals surface area contributed by atoms with Crippen molar-refractivity contribution in [2.24, 2.45) is 5.92 Å². The molecule has 4 rings (SSSR count). The minimum absolute atomic E-state index is 0.0711. The summed E-state index contributed by atoms with van der Waals surface area (Å²) in [5.74, 6) is 0.791. The summed E-state index contributed by atoms with van der Waals surface area (Å²) in [5.41, 5.74) is 5.25. The number of carbonyl (C=O) groups excluding carboxylic acids is 2. The first-order valence-electron chi connectivity index (χ1n) is 12.2. The third-order valence-electron chi connectivity index (χ3n) is 6.88. The highest BCUT2D eigenvalue weighted by molar-refractivity contribution is 6.04. The molecule has 0 atom stereocenters. The zero-order valence-corrected chi connectivity index (χ0v) is 20.1. The molecule has 0 saturated carbocycles. The molecular formula is C27H36N4O2. The van der Waals surface area contributed by atoms with Crippen LogP contribution in [0.25, 0.3) is 0 Å². The van der Waals surface area contributed by atoms with Crippen molar-refractivity contribution in [1.82, 2.24) is 4.90 Å². The highest BCUT2D eigenvalue weighted by atomic mass is 16.2. The molecule has 0 aromatic heterocycles. The fraction of sp³-hybridized carbons (Fsp3) is 0.481. The van der Waals surface area contributed by atoms with Gasteiger partial charge in [0, 0.05) is 43.2 Å². The van der Waals surface area contributed by atoms with Crippen molar-refractivity contribution in [3.05, 3.63) is 53.1 Å². The van der Waals surface area contributed by atoms with Crippen LogP contribution < -0.4 is 15.5 Å². The van der Waals surface area contributed by atoms with Crippen LogP contribution in [-0.2, 0) is 0 Å². The number of hydrogen-bond acceptors (Lipinski definition) is 3. The molecule has 0 bridgehead atoms. The van der Waals surface area contributed by atoms with Crippen LogP contribution in [0.3, 0.4) is 0 Å². The smallest absolute Gasteiger partial charge is 0.323 e. The van der Waals surface area contributed by atoms with Crippen LogP contribution in [0.5, 0.6) is 0 Å². The minimum Gasteiger partial charge on any atom is -0.371 e. The predicted molar refractivity (Wildman–Crippen MR) is 135 cm³/mol. The number of likely N-dealkylation sites (tertiary alicyclic amines) is 1. The van der Waals surface area contributed by atoms with Crippen LogP contribution >= 0.6 is 0 Å². The second kappa shape index (κ2) is 10.3. The molecule has 2 saturated heterocycles. The Balaban J connectivity index is 1.55. The maximum atomic E-state index is 13.5. The number of aryl methyl sites for hydroxylation is 2. The van der Waals surface area contributed by atoms with Gasteiger partial charge in [-0.2, -0.15) is 0 Å². The van der Waals surface area contributed by atoms with E-state index in [0.717, 1.165) is 80.3 Å². The van der Waals surface area contributed by atoms with E-state index in [9.17, 15) is 9.59 Å². The van der Waals surface area contributed by atoms with Gasteiger partial charge in [0.25, 0.3) is 5.91 Å². The highest BCUT2D eigenvalue weighted by Gasteiger charge is 2.25. The molecule has 2 aromatic rings. The summed E-state index contributed by atoms with van der Waals surface area (Å²) in [7, 11) is 0. The standard InChI is InChI=1S/C27H36N4O2/c1-19-11-15-30(16-12-19)25-10-8-22(18-23(25)26(32)31-13-5-4-6-14-31)28-27(33)29-24-9-7-20(2)17-21(24)3/h7-10,17-19H,4-6,11-16H2,1-3H3,(H2,28,29,33). The van der Waals surface area contributed by atoms with Crippen molar-refractivity contribution in [2.75, 3.05) is 41.7 Å². The number of nitrogens with zero attached hydrogens (tertiary/aromatic N) is 2. The molecule has 2 fully saturated rings. The van der Waals surface area contributed by atoms with E-state index in [1.54, 1.807) is 0 Å². The van der Waals surface area contributed by atoms with Gasteiger partial charge in [-0.25, -0.2) is 4.79 Å². The van der Waals surface area contributed by atoms with Gasteiger partial charge in [0.15, 0.2) is 0 Å². The molecule has 2 aliphatic heterocycles. The quantitative estimate of drug-likeness (QED) is 0.620. The lowest BCUT2D eigenvalue weighted by atomic mass is 9.97. The molecule has 2 aromatic carbocycles. The van der Waals surface area contributed by atoms with E-state index >= 15 is 0 Å². The Morgan fingerprint density at radius 1 is 0.879 bits per heavy atom. The lowest BCUT2D eigenvalue weighted by Gasteiger charge is -2.35. The highest BCUT2D eigenvalue weighted by Crippen LogP contribution is 2.30. The van der Waals surface area contributed by atoms with Gasteiger partial charge in [0.2, 0.25) is 0 Å². The number of nitrogens with one attached hydrogen (secondary N) is 2. The van der Waals surface area contributed by atoms with Crippen molar-refractivity contribution in [1.29, 1.82) is 0 Å². The Morgan fingerprint density at radius 2 is 1.61 bits per heavy atom. The number of carbonyl (C=O) groups is 2. The summed E-state index contributed by atoms with van der Waals surface area (Å²) < 4.78 is 0. The van der Waals surface area contributed by atoms with Gasteiger partial charge in [-0.05, 0) is 81.7 Å². The SMILES string of the molecule is Cc1ccc(NC(=O)Nc2ccc(N3CCC(C)CC3)c(C(=O)N3CCCCC3)c2)c(C)c1. The largest absolute Gasteiger partial charge is 0.371 e. The number of rotatable bonds is 4. The monoisotopic (exact) mass is 448 g/mol. The average Bonchev–Trinajstić information content (AvgIpc) is 2.81. The first-order valence-corrected chi connectivity index (χ1v) is 12.2. The van der Waals surface area contributed by atoms with Crippen LogP contribution in [-0.4, -0.2) is 43.0 Å². The summed E-state index contributed by atoms with van der Waals surface area (Å²) in [6.45, 7) is 9.83. The van der Waals surface area contributed by atoms with Gasteiger partial charge in [-0.3, -0.25) is 4.79 Å². The summed E-state index contributed by atoms with van der Waals surface area (Å²) in [6, 6.07) is 11.4. The molecule has 33 heavy (non-hydrogen) atoms.